The van der Waals surface area contributed by atoms with Crippen LogP contribution in [0.3, 0.4) is 0 Å². The van der Waals surface area contributed by atoms with Gasteiger partial charge in [0.1, 0.15) is 11.4 Å². The molecule has 1 atom stereocenters. The zero-order chi connectivity index (χ0) is 22.7. The number of carbonyl (C=O) groups excluding carboxylic acids is 1. The van der Waals surface area contributed by atoms with Crippen molar-refractivity contribution in [3.05, 3.63) is 59.3 Å². The monoisotopic (exact) mass is 435 g/mol. The number of hydrogen-bond donors (Lipinski definition) is 1. The van der Waals surface area contributed by atoms with Crippen molar-refractivity contribution in [2.75, 3.05) is 27.9 Å². The van der Waals surface area contributed by atoms with Gasteiger partial charge >= 0.3 is 0 Å². The van der Waals surface area contributed by atoms with Gasteiger partial charge in [0.05, 0.1) is 33.1 Å². The third kappa shape index (κ3) is 3.79. The van der Waals surface area contributed by atoms with Crippen LogP contribution < -0.4 is 14.2 Å². The molecule has 0 aliphatic carbocycles. The molecule has 0 fully saturated rings. The van der Waals surface area contributed by atoms with E-state index in [1.807, 2.05) is 47.4 Å². The summed E-state index contributed by atoms with van der Waals surface area (Å²) in [7, 11) is 4.87. The number of aromatic nitrogens is 2. The van der Waals surface area contributed by atoms with Crippen LogP contribution in [0.25, 0.3) is 11.3 Å². The molecule has 0 saturated heterocycles. The molecule has 32 heavy (non-hydrogen) atoms. The van der Waals surface area contributed by atoms with Crippen LogP contribution in [-0.2, 0) is 0 Å². The molecule has 0 saturated carbocycles. The van der Waals surface area contributed by atoms with Crippen molar-refractivity contribution in [2.45, 2.75) is 32.2 Å². The molecular weight excluding hydrogens is 406 g/mol. The lowest BCUT2D eigenvalue weighted by Gasteiger charge is -2.27. The largest absolute Gasteiger partial charge is 0.497 e. The normalized spacial score (nSPS) is 15.1. The molecule has 2 heterocycles. The zero-order valence-corrected chi connectivity index (χ0v) is 19.0. The molecule has 1 aliphatic rings. The van der Waals surface area contributed by atoms with Gasteiger partial charge in [-0.3, -0.25) is 9.89 Å². The Morgan fingerprint density at radius 1 is 0.969 bits per heavy atom. The van der Waals surface area contributed by atoms with E-state index in [1.54, 1.807) is 21.3 Å². The lowest BCUT2D eigenvalue weighted by Crippen LogP contribution is -2.30. The van der Waals surface area contributed by atoms with Crippen molar-refractivity contribution in [2.24, 2.45) is 0 Å². The average Bonchev–Trinajstić information content (AvgIpc) is 3.38. The molecule has 1 aliphatic heterocycles. The summed E-state index contributed by atoms with van der Waals surface area (Å²) in [5, 5.41) is 7.53. The summed E-state index contributed by atoms with van der Waals surface area (Å²) in [5.74, 6) is 2.03. The number of benzene rings is 2. The van der Waals surface area contributed by atoms with Gasteiger partial charge in [-0.1, -0.05) is 25.8 Å². The van der Waals surface area contributed by atoms with Crippen molar-refractivity contribution >= 4 is 5.91 Å². The Hall–Kier alpha value is -3.48. The van der Waals surface area contributed by atoms with Crippen LogP contribution in [-0.4, -0.2) is 48.9 Å². The molecule has 7 heteroatoms. The van der Waals surface area contributed by atoms with Crippen LogP contribution in [0.5, 0.6) is 17.2 Å². The Kier molecular flexibility index (Phi) is 6.35. The van der Waals surface area contributed by atoms with Crippen molar-refractivity contribution < 1.29 is 19.0 Å². The zero-order valence-electron chi connectivity index (χ0n) is 19.0. The maximum Gasteiger partial charge on any atom is 0.273 e. The summed E-state index contributed by atoms with van der Waals surface area (Å²) in [6.07, 6.45) is 3.11. The molecule has 0 radical (unpaired) electrons. The number of carbonyl (C=O) groups is 1. The van der Waals surface area contributed by atoms with Gasteiger partial charge in [0, 0.05) is 17.7 Å². The number of rotatable bonds is 9. The average molecular weight is 436 g/mol. The highest BCUT2D eigenvalue weighted by molar-refractivity contribution is 6.00. The van der Waals surface area contributed by atoms with Crippen LogP contribution in [0.4, 0.5) is 0 Å². The van der Waals surface area contributed by atoms with Gasteiger partial charge in [0.25, 0.3) is 5.91 Å². The first-order valence-electron chi connectivity index (χ1n) is 10.9. The minimum atomic E-state index is -0.259. The van der Waals surface area contributed by atoms with Crippen LogP contribution in [0, 0.1) is 0 Å². The number of H-pyrrole nitrogens is 1. The summed E-state index contributed by atoms with van der Waals surface area (Å²) in [4.78, 5) is 15.3. The standard InChI is InChI=1S/C25H29N3O4/c1-5-6-7-14-28-24(17-10-13-19(31-3)20(15-17)32-4)21-22(26-27-23(21)25(28)29)16-8-11-18(30-2)12-9-16/h8-13,15,24H,5-7,14H2,1-4H3,(H,26,27). The van der Waals surface area contributed by atoms with Gasteiger partial charge in [-0.2, -0.15) is 5.10 Å². The highest BCUT2D eigenvalue weighted by Gasteiger charge is 2.42. The van der Waals surface area contributed by atoms with Gasteiger partial charge < -0.3 is 19.1 Å². The van der Waals surface area contributed by atoms with Gasteiger partial charge in [-0.15, -0.1) is 0 Å². The minimum Gasteiger partial charge on any atom is -0.497 e. The van der Waals surface area contributed by atoms with Crippen molar-refractivity contribution in [3.63, 3.8) is 0 Å². The molecule has 168 valence electrons. The number of ether oxygens (including phenoxy) is 3. The lowest BCUT2D eigenvalue weighted by atomic mass is 9.95. The summed E-state index contributed by atoms with van der Waals surface area (Å²) >= 11 is 0. The minimum absolute atomic E-state index is 0.0249. The Bertz CT molecular complexity index is 1090. The Morgan fingerprint density at radius 3 is 2.38 bits per heavy atom. The van der Waals surface area contributed by atoms with Gasteiger partial charge in [-0.25, -0.2) is 0 Å². The number of nitrogens with zero attached hydrogens (tertiary/aromatic N) is 2. The van der Waals surface area contributed by atoms with E-state index >= 15 is 0 Å². The summed E-state index contributed by atoms with van der Waals surface area (Å²) in [5.41, 5.74) is 4.10. The van der Waals surface area contributed by atoms with E-state index < -0.39 is 0 Å². The van der Waals surface area contributed by atoms with Crippen LogP contribution in [0.1, 0.15) is 53.8 Å². The fourth-order valence-electron chi connectivity index (χ4n) is 4.30. The molecule has 4 rings (SSSR count). The number of aromatic amines is 1. The van der Waals surface area contributed by atoms with E-state index in [0.29, 0.717) is 23.7 Å². The van der Waals surface area contributed by atoms with E-state index in [2.05, 4.69) is 17.1 Å². The van der Waals surface area contributed by atoms with Crippen molar-refractivity contribution in [3.8, 4) is 28.5 Å². The van der Waals surface area contributed by atoms with Gasteiger partial charge in [0.15, 0.2) is 11.5 Å². The molecule has 7 nitrogen and oxygen atoms in total. The summed E-state index contributed by atoms with van der Waals surface area (Å²) in [6, 6.07) is 13.3. The van der Waals surface area contributed by atoms with Crippen molar-refractivity contribution in [1.29, 1.82) is 0 Å². The fraction of sp³-hybridized carbons (Fsp3) is 0.360. The van der Waals surface area contributed by atoms with Crippen LogP contribution in [0.2, 0.25) is 0 Å². The quantitative estimate of drug-likeness (QED) is 0.487. The predicted octanol–water partition coefficient (Wildman–Crippen LogP) is 4.84. The number of methoxy groups -OCH3 is 3. The maximum absolute atomic E-state index is 13.4. The van der Waals surface area contributed by atoms with Crippen LogP contribution in [0.15, 0.2) is 42.5 Å². The third-order valence-corrected chi connectivity index (χ3v) is 5.95. The first-order valence-corrected chi connectivity index (χ1v) is 10.9. The van der Waals surface area contributed by atoms with Gasteiger partial charge in [0.2, 0.25) is 0 Å². The molecule has 2 aromatic carbocycles. The van der Waals surface area contributed by atoms with E-state index in [0.717, 1.165) is 47.4 Å². The maximum atomic E-state index is 13.4. The topological polar surface area (TPSA) is 76.7 Å². The van der Waals surface area contributed by atoms with E-state index in [4.69, 9.17) is 14.2 Å². The number of amides is 1. The molecule has 0 bridgehead atoms. The summed E-state index contributed by atoms with van der Waals surface area (Å²) < 4.78 is 16.2. The SMILES string of the molecule is CCCCCN1C(=O)c2[nH]nc(-c3ccc(OC)cc3)c2C1c1ccc(OC)c(OC)c1. The summed E-state index contributed by atoms with van der Waals surface area (Å²) in [6.45, 7) is 2.84. The molecule has 1 aromatic heterocycles. The Morgan fingerprint density at radius 2 is 1.72 bits per heavy atom. The molecule has 1 unspecified atom stereocenters. The Labute approximate surface area is 188 Å². The second kappa shape index (κ2) is 9.34. The first-order chi connectivity index (χ1) is 15.6. The van der Waals surface area contributed by atoms with Crippen molar-refractivity contribution in [1.82, 2.24) is 15.1 Å². The van der Waals surface area contributed by atoms with E-state index in [-0.39, 0.29) is 11.9 Å². The van der Waals surface area contributed by atoms with E-state index in [9.17, 15) is 4.79 Å². The molecule has 3 aromatic rings. The third-order valence-electron chi connectivity index (χ3n) is 5.95. The first kappa shape index (κ1) is 21.7. The Balaban J connectivity index is 1.82. The highest BCUT2D eigenvalue weighted by atomic mass is 16.5. The molecular formula is C25H29N3O4. The number of hydrogen-bond acceptors (Lipinski definition) is 5. The number of unbranched alkanes of at least 4 members (excludes halogenated alkanes) is 2. The second-order valence-corrected chi connectivity index (χ2v) is 7.81. The molecule has 1 N–H and O–H groups in total. The van der Waals surface area contributed by atoms with Crippen LogP contribution >= 0.6 is 0 Å². The molecule has 0 spiro atoms. The van der Waals surface area contributed by atoms with Gasteiger partial charge in [-0.05, 0) is 48.4 Å². The smallest absolute Gasteiger partial charge is 0.273 e. The fourth-order valence-corrected chi connectivity index (χ4v) is 4.30. The number of nitrogens with one attached hydrogen (secondary N) is 1. The highest BCUT2D eigenvalue weighted by Crippen LogP contribution is 2.44. The molecule has 1 amide bonds. The van der Waals surface area contributed by atoms with E-state index in [1.165, 1.54) is 0 Å². The number of fused-ring (bicyclic) bond motifs is 1. The second-order valence-electron chi connectivity index (χ2n) is 7.81. The predicted molar refractivity (Wildman–Crippen MR) is 123 cm³/mol. The lowest BCUT2D eigenvalue weighted by molar-refractivity contribution is 0.0740.